The van der Waals surface area contributed by atoms with Gasteiger partial charge < -0.3 is 5.32 Å². The summed E-state index contributed by atoms with van der Waals surface area (Å²) >= 11 is 0. The van der Waals surface area contributed by atoms with Gasteiger partial charge in [-0.05, 0) is 38.0 Å². The lowest BCUT2D eigenvalue weighted by Gasteiger charge is -2.23. The Morgan fingerprint density at radius 1 is 1.38 bits per heavy atom. The number of aromatic nitrogens is 1. The summed E-state index contributed by atoms with van der Waals surface area (Å²) in [6.45, 7) is 3.63. The fourth-order valence-corrected chi connectivity index (χ4v) is 3.01. The lowest BCUT2D eigenvalue weighted by atomic mass is 9.89. The first-order valence-electron chi connectivity index (χ1n) is 7.93. The zero-order valence-corrected chi connectivity index (χ0v) is 13.7. The second kappa shape index (κ2) is 6.39. The number of rotatable bonds is 4. The molecule has 2 amide bonds. The molecule has 124 valence electrons. The zero-order chi connectivity index (χ0) is 17.3. The van der Waals surface area contributed by atoms with Gasteiger partial charge in [-0.15, -0.1) is 0 Å². The number of hydrogen-bond donors (Lipinski definition) is 2. The van der Waals surface area contributed by atoms with E-state index in [0.29, 0.717) is 12.8 Å². The molecule has 1 aliphatic heterocycles. The van der Waals surface area contributed by atoms with Gasteiger partial charge in [0.05, 0.1) is 23.7 Å². The smallest absolute Gasteiger partial charge is 0.234 e. The molecule has 6 heteroatoms. The Morgan fingerprint density at radius 3 is 2.88 bits per heavy atom. The van der Waals surface area contributed by atoms with Crippen molar-refractivity contribution in [1.29, 1.82) is 0 Å². The highest BCUT2D eigenvalue weighted by Gasteiger charge is 2.29. The molecule has 6 nitrogen and oxygen atoms in total. The van der Waals surface area contributed by atoms with Crippen LogP contribution in [0.3, 0.4) is 0 Å². The third-order valence-corrected chi connectivity index (χ3v) is 4.22. The van der Waals surface area contributed by atoms with Gasteiger partial charge in [-0.1, -0.05) is 12.1 Å². The predicted octanol–water partition coefficient (Wildman–Crippen LogP) is 2.06. The molecule has 2 heterocycles. The number of amides is 2. The molecule has 0 saturated carbocycles. The largest absolute Gasteiger partial charge is 0.376 e. The fourth-order valence-electron chi connectivity index (χ4n) is 3.01. The van der Waals surface area contributed by atoms with Gasteiger partial charge in [0.25, 0.3) is 0 Å². The van der Waals surface area contributed by atoms with Crippen LogP contribution in [0.25, 0.3) is 10.9 Å². The SMILES string of the molecule is CC(=O)CNc1cccc2cc(C3CCC(=O)NC3=O)c(C)nc12. The summed E-state index contributed by atoms with van der Waals surface area (Å²) in [5.74, 6) is -0.794. The summed E-state index contributed by atoms with van der Waals surface area (Å²) in [5, 5.41) is 6.38. The number of pyridine rings is 1. The first-order valence-corrected chi connectivity index (χ1v) is 7.93. The van der Waals surface area contributed by atoms with Gasteiger partial charge >= 0.3 is 0 Å². The van der Waals surface area contributed by atoms with Crippen LogP contribution in [-0.2, 0) is 14.4 Å². The number of ketones is 1. The maximum Gasteiger partial charge on any atom is 0.234 e. The molecule has 3 rings (SSSR count). The summed E-state index contributed by atoms with van der Waals surface area (Å²) in [4.78, 5) is 39.3. The zero-order valence-electron chi connectivity index (χ0n) is 13.7. The van der Waals surface area contributed by atoms with Crippen LogP contribution < -0.4 is 10.6 Å². The Morgan fingerprint density at radius 2 is 2.17 bits per heavy atom. The summed E-state index contributed by atoms with van der Waals surface area (Å²) in [6.07, 6.45) is 0.842. The summed E-state index contributed by atoms with van der Waals surface area (Å²) in [7, 11) is 0. The number of nitrogens with one attached hydrogen (secondary N) is 2. The van der Waals surface area contributed by atoms with Gasteiger partial charge in [0.15, 0.2) is 0 Å². The van der Waals surface area contributed by atoms with E-state index in [4.69, 9.17) is 0 Å². The number of imide groups is 1. The van der Waals surface area contributed by atoms with Gasteiger partial charge in [-0.3, -0.25) is 24.7 Å². The number of carbonyl (C=O) groups excluding carboxylic acids is 3. The van der Waals surface area contributed by atoms with E-state index in [1.54, 1.807) is 0 Å². The van der Waals surface area contributed by atoms with E-state index in [-0.39, 0.29) is 30.1 Å². The number of fused-ring (bicyclic) bond motifs is 1. The molecule has 24 heavy (non-hydrogen) atoms. The minimum absolute atomic E-state index is 0.0453. The van der Waals surface area contributed by atoms with Gasteiger partial charge in [-0.2, -0.15) is 0 Å². The Labute approximate surface area is 139 Å². The highest BCUT2D eigenvalue weighted by Crippen LogP contribution is 2.31. The van der Waals surface area contributed by atoms with Crippen LogP contribution in [0.15, 0.2) is 24.3 Å². The minimum atomic E-state index is -0.353. The fraction of sp³-hybridized carbons (Fsp3) is 0.333. The number of hydrogen-bond acceptors (Lipinski definition) is 5. The van der Waals surface area contributed by atoms with E-state index in [2.05, 4.69) is 15.6 Å². The molecule has 1 aliphatic rings. The van der Waals surface area contributed by atoms with Gasteiger partial charge in [0, 0.05) is 17.5 Å². The molecule has 1 aromatic heterocycles. The first kappa shape index (κ1) is 16.1. The van der Waals surface area contributed by atoms with Gasteiger partial charge in [0.2, 0.25) is 11.8 Å². The average molecular weight is 325 g/mol. The van der Waals surface area contributed by atoms with Crippen LogP contribution in [-0.4, -0.2) is 29.1 Å². The maximum atomic E-state index is 12.1. The molecule has 1 unspecified atom stereocenters. The molecule has 1 atom stereocenters. The molecule has 1 saturated heterocycles. The Kier molecular flexibility index (Phi) is 4.29. The van der Waals surface area contributed by atoms with Crippen molar-refractivity contribution in [1.82, 2.24) is 10.3 Å². The standard InChI is InChI=1S/C18H19N3O3/c1-10(22)9-19-15-5-3-4-12-8-14(11(2)20-17(12)15)13-6-7-16(23)21-18(13)24/h3-5,8,13,19H,6-7,9H2,1-2H3,(H,21,23,24). The second-order valence-corrected chi connectivity index (χ2v) is 6.10. The summed E-state index contributed by atoms with van der Waals surface area (Å²) in [6, 6.07) is 7.65. The van der Waals surface area contributed by atoms with Crippen LogP contribution in [0.1, 0.15) is 36.9 Å². The molecule has 1 aromatic carbocycles. The van der Waals surface area contributed by atoms with Crippen molar-refractivity contribution in [3.05, 3.63) is 35.5 Å². The number of nitrogens with zero attached hydrogens (tertiary/aromatic N) is 1. The second-order valence-electron chi connectivity index (χ2n) is 6.10. The number of benzene rings is 1. The topological polar surface area (TPSA) is 88.2 Å². The Bertz CT molecular complexity index is 845. The third-order valence-electron chi connectivity index (χ3n) is 4.22. The Balaban J connectivity index is 2.00. The number of anilines is 1. The molecule has 0 bridgehead atoms. The van der Waals surface area contributed by atoms with E-state index >= 15 is 0 Å². The molecule has 0 aliphatic carbocycles. The van der Waals surface area contributed by atoms with Crippen molar-refractivity contribution in [3.63, 3.8) is 0 Å². The highest BCUT2D eigenvalue weighted by atomic mass is 16.2. The average Bonchev–Trinajstić information content (AvgIpc) is 2.53. The molecule has 0 radical (unpaired) electrons. The normalized spacial score (nSPS) is 17.7. The number of para-hydroxylation sites is 1. The lowest BCUT2D eigenvalue weighted by Crippen LogP contribution is -2.39. The van der Waals surface area contributed by atoms with Crippen molar-refractivity contribution in [3.8, 4) is 0 Å². The van der Waals surface area contributed by atoms with Crippen LogP contribution in [0, 0.1) is 6.92 Å². The molecule has 2 N–H and O–H groups in total. The molecule has 0 spiro atoms. The van der Waals surface area contributed by atoms with Crippen LogP contribution >= 0.6 is 0 Å². The molecular weight excluding hydrogens is 306 g/mol. The third kappa shape index (κ3) is 3.13. The van der Waals surface area contributed by atoms with Crippen LogP contribution in [0.4, 0.5) is 5.69 Å². The van der Waals surface area contributed by atoms with Crippen molar-refractivity contribution >= 4 is 34.2 Å². The van der Waals surface area contributed by atoms with Gasteiger partial charge in [-0.25, -0.2) is 0 Å². The number of piperidine rings is 1. The summed E-state index contributed by atoms with van der Waals surface area (Å²) < 4.78 is 0. The van der Waals surface area contributed by atoms with E-state index in [1.165, 1.54) is 6.92 Å². The van der Waals surface area contributed by atoms with Crippen LogP contribution in [0.5, 0.6) is 0 Å². The minimum Gasteiger partial charge on any atom is -0.376 e. The lowest BCUT2D eigenvalue weighted by molar-refractivity contribution is -0.134. The number of Topliss-reactive ketones (excluding diaryl/α,β-unsaturated/α-hetero) is 1. The van der Waals surface area contributed by atoms with Crippen LogP contribution in [0.2, 0.25) is 0 Å². The van der Waals surface area contributed by atoms with Gasteiger partial charge in [0.1, 0.15) is 5.78 Å². The maximum absolute atomic E-state index is 12.1. The number of aryl methyl sites for hydroxylation is 1. The monoisotopic (exact) mass is 325 g/mol. The van der Waals surface area contributed by atoms with E-state index in [9.17, 15) is 14.4 Å². The highest BCUT2D eigenvalue weighted by molar-refractivity contribution is 6.01. The van der Waals surface area contributed by atoms with Crippen molar-refractivity contribution in [2.75, 3.05) is 11.9 Å². The number of carbonyl (C=O) groups is 3. The van der Waals surface area contributed by atoms with E-state index < -0.39 is 0 Å². The Hall–Kier alpha value is -2.76. The molecule has 1 fully saturated rings. The molecular formula is C18H19N3O3. The van der Waals surface area contributed by atoms with E-state index in [1.807, 2.05) is 31.2 Å². The predicted molar refractivity (Wildman–Crippen MR) is 90.8 cm³/mol. The van der Waals surface area contributed by atoms with Crippen molar-refractivity contribution < 1.29 is 14.4 Å². The van der Waals surface area contributed by atoms with E-state index in [0.717, 1.165) is 27.8 Å². The van der Waals surface area contributed by atoms with Crippen molar-refractivity contribution in [2.45, 2.75) is 32.6 Å². The summed E-state index contributed by atoms with van der Waals surface area (Å²) in [5.41, 5.74) is 3.17. The van der Waals surface area contributed by atoms with Crippen molar-refractivity contribution in [2.24, 2.45) is 0 Å². The first-order chi connectivity index (χ1) is 11.5. The quantitative estimate of drug-likeness (QED) is 0.840. The molecule has 2 aromatic rings.